The van der Waals surface area contributed by atoms with Gasteiger partial charge in [-0.15, -0.1) is 0 Å². The molecule has 0 spiro atoms. The van der Waals surface area contributed by atoms with Crippen LogP contribution in [-0.4, -0.2) is 29.0 Å². The van der Waals surface area contributed by atoms with E-state index >= 15 is 0 Å². The van der Waals surface area contributed by atoms with Gasteiger partial charge >= 0.3 is 0 Å². The van der Waals surface area contributed by atoms with Gasteiger partial charge in [0.2, 0.25) is 5.91 Å². The number of hydrogen-bond acceptors (Lipinski definition) is 2. The van der Waals surface area contributed by atoms with Crippen molar-refractivity contribution in [2.75, 3.05) is 6.54 Å². The molecule has 2 aromatic rings. The van der Waals surface area contributed by atoms with Gasteiger partial charge in [0.25, 0.3) is 5.91 Å². The Bertz CT molecular complexity index is 705. The number of aromatic nitrogens is 1. The summed E-state index contributed by atoms with van der Waals surface area (Å²) < 4.78 is 2.08. The van der Waals surface area contributed by atoms with E-state index in [2.05, 4.69) is 22.1 Å². The van der Waals surface area contributed by atoms with Crippen molar-refractivity contribution in [2.45, 2.75) is 38.8 Å². The summed E-state index contributed by atoms with van der Waals surface area (Å²) in [5.41, 5.74) is 1.76. The molecule has 5 nitrogen and oxygen atoms in total. The Hall–Kier alpha value is -2.30. The minimum atomic E-state index is -0.0803. The smallest absolute Gasteiger partial charge is 0.253 e. The minimum absolute atomic E-state index is 0.0460. The lowest BCUT2D eigenvalue weighted by molar-refractivity contribution is -0.123. The molecule has 1 aromatic carbocycles. The third-order valence-corrected chi connectivity index (χ3v) is 4.20. The van der Waals surface area contributed by atoms with Crippen LogP contribution in [0.4, 0.5) is 0 Å². The molecule has 0 bridgehead atoms. The maximum Gasteiger partial charge on any atom is 0.253 e. The Balaban J connectivity index is 1.73. The number of hydrogen-bond donors (Lipinski definition) is 2. The van der Waals surface area contributed by atoms with Crippen molar-refractivity contribution in [2.24, 2.45) is 0 Å². The molecular formula is C17H21N3O2. The summed E-state index contributed by atoms with van der Waals surface area (Å²) in [6.45, 7) is 3.37. The van der Waals surface area contributed by atoms with Crippen LogP contribution < -0.4 is 10.6 Å². The van der Waals surface area contributed by atoms with E-state index < -0.39 is 0 Å². The summed E-state index contributed by atoms with van der Waals surface area (Å²) in [4.78, 5) is 23.9. The predicted molar refractivity (Wildman–Crippen MR) is 85.7 cm³/mol. The number of rotatable bonds is 4. The molecule has 2 heterocycles. The van der Waals surface area contributed by atoms with Gasteiger partial charge in [-0.1, -0.05) is 18.2 Å². The number of aryl methyl sites for hydroxylation is 1. The fourth-order valence-electron chi connectivity index (χ4n) is 3.03. The summed E-state index contributed by atoms with van der Waals surface area (Å²) in [5, 5.41) is 6.84. The second-order valence-corrected chi connectivity index (χ2v) is 5.71. The molecule has 1 aliphatic heterocycles. The minimum Gasteiger partial charge on any atom is -0.352 e. The Morgan fingerprint density at radius 3 is 3.00 bits per heavy atom. The highest BCUT2D eigenvalue weighted by atomic mass is 16.2. The highest BCUT2D eigenvalue weighted by molar-refractivity contribution is 6.07. The number of piperidine rings is 1. The topological polar surface area (TPSA) is 63.1 Å². The zero-order valence-corrected chi connectivity index (χ0v) is 12.8. The van der Waals surface area contributed by atoms with Crippen molar-refractivity contribution in [3.05, 3.63) is 36.0 Å². The predicted octanol–water partition coefficient (Wildman–Crippen LogP) is 2.06. The molecule has 0 aliphatic carbocycles. The van der Waals surface area contributed by atoms with Gasteiger partial charge in [-0.25, -0.2) is 0 Å². The van der Waals surface area contributed by atoms with Crippen LogP contribution in [0.2, 0.25) is 0 Å². The van der Waals surface area contributed by atoms with E-state index in [-0.39, 0.29) is 17.9 Å². The standard InChI is InChI=1S/C17H21N3O2/c1-2-20-11-14(13-7-3-4-8-15(13)20)17(22)18-10-12-6-5-9-16(21)19-12/h3-4,7-8,11-12H,2,5-6,9-10H2,1H3,(H,18,22)(H,19,21)/t12-/m1/s1. The van der Waals surface area contributed by atoms with Gasteiger partial charge in [-0.3, -0.25) is 9.59 Å². The van der Waals surface area contributed by atoms with Gasteiger partial charge < -0.3 is 15.2 Å². The van der Waals surface area contributed by atoms with E-state index in [1.54, 1.807) is 0 Å². The van der Waals surface area contributed by atoms with Crippen molar-refractivity contribution in [1.82, 2.24) is 15.2 Å². The van der Waals surface area contributed by atoms with E-state index in [0.717, 1.165) is 30.3 Å². The number of carbonyl (C=O) groups is 2. The van der Waals surface area contributed by atoms with Crippen LogP contribution >= 0.6 is 0 Å². The second kappa shape index (κ2) is 6.22. The summed E-state index contributed by atoms with van der Waals surface area (Å²) in [6.07, 6.45) is 4.30. The van der Waals surface area contributed by atoms with Crippen LogP contribution in [0.1, 0.15) is 36.5 Å². The number of benzene rings is 1. The van der Waals surface area contributed by atoms with Crippen molar-refractivity contribution >= 4 is 22.7 Å². The molecule has 22 heavy (non-hydrogen) atoms. The maximum absolute atomic E-state index is 12.5. The Labute approximate surface area is 129 Å². The summed E-state index contributed by atoms with van der Waals surface area (Å²) in [7, 11) is 0. The van der Waals surface area contributed by atoms with Gasteiger partial charge in [0.15, 0.2) is 0 Å². The Morgan fingerprint density at radius 1 is 1.41 bits per heavy atom. The van der Waals surface area contributed by atoms with Gasteiger partial charge in [0.1, 0.15) is 0 Å². The molecule has 1 aromatic heterocycles. The molecule has 2 N–H and O–H groups in total. The first kappa shape index (κ1) is 14.6. The SMILES string of the molecule is CCn1cc(C(=O)NC[C@H]2CCCC(=O)N2)c2ccccc21. The Morgan fingerprint density at radius 2 is 2.23 bits per heavy atom. The molecule has 0 saturated carbocycles. The first-order chi connectivity index (χ1) is 10.7. The number of nitrogens with one attached hydrogen (secondary N) is 2. The molecule has 1 fully saturated rings. The third kappa shape index (κ3) is 2.84. The summed E-state index contributed by atoms with van der Waals surface area (Å²) in [6, 6.07) is 7.97. The van der Waals surface area contributed by atoms with Crippen molar-refractivity contribution in [3.63, 3.8) is 0 Å². The number of amides is 2. The highest BCUT2D eigenvalue weighted by Gasteiger charge is 2.20. The zero-order chi connectivity index (χ0) is 15.5. The van der Waals surface area contributed by atoms with Gasteiger partial charge in [-0.2, -0.15) is 0 Å². The van der Waals surface area contributed by atoms with E-state index in [0.29, 0.717) is 18.5 Å². The monoisotopic (exact) mass is 299 g/mol. The lowest BCUT2D eigenvalue weighted by atomic mass is 10.0. The molecule has 0 radical (unpaired) electrons. The van der Waals surface area contributed by atoms with Crippen LogP contribution in [-0.2, 0) is 11.3 Å². The average molecular weight is 299 g/mol. The lowest BCUT2D eigenvalue weighted by Gasteiger charge is -2.23. The number of carbonyl (C=O) groups excluding carboxylic acids is 2. The largest absolute Gasteiger partial charge is 0.352 e. The molecule has 3 rings (SSSR count). The van der Waals surface area contributed by atoms with E-state index in [1.165, 1.54) is 0 Å². The van der Waals surface area contributed by atoms with E-state index in [4.69, 9.17) is 0 Å². The number of nitrogens with zero attached hydrogens (tertiary/aromatic N) is 1. The highest BCUT2D eigenvalue weighted by Crippen LogP contribution is 2.21. The summed E-state index contributed by atoms with van der Waals surface area (Å²) >= 11 is 0. The third-order valence-electron chi connectivity index (χ3n) is 4.20. The first-order valence-electron chi connectivity index (χ1n) is 7.84. The van der Waals surface area contributed by atoms with Crippen LogP contribution in [0, 0.1) is 0 Å². The van der Waals surface area contributed by atoms with Crippen molar-refractivity contribution in [3.8, 4) is 0 Å². The van der Waals surface area contributed by atoms with Crippen molar-refractivity contribution in [1.29, 1.82) is 0 Å². The fourth-order valence-corrected chi connectivity index (χ4v) is 3.03. The molecular weight excluding hydrogens is 278 g/mol. The van der Waals surface area contributed by atoms with Gasteiger partial charge in [-0.05, 0) is 25.8 Å². The Kier molecular flexibility index (Phi) is 4.13. The molecule has 116 valence electrons. The quantitative estimate of drug-likeness (QED) is 0.907. The van der Waals surface area contributed by atoms with Crippen LogP contribution in [0.25, 0.3) is 10.9 Å². The van der Waals surface area contributed by atoms with Crippen molar-refractivity contribution < 1.29 is 9.59 Å². The maximum atomic E-state index is 12.5. The van der Waals surface area contributed by atoms with Crippen LogP contribution in [0.5, 0.6) is 0 Å². The summed E-state index contributed by atoms with van der Waals surface area (Å²) in [5.74, 6) is -0.00342. The lowest BCUT2D eigenvalue weighted by Crippen LogP contribution is -2.46. The molecule has 1 atom stereocenters. The normalized spacial score (nSPS) is 18.2. The van der Waals surface area contributed by atoms with Gasteiger partial charge in [0, 0.05) is 42.7 Å². The molecule has 2 amide bonds. The number of para-hydroxylation sites is 1. The zero-order valence-electron chi connectivity index (χ0n) is 12.8. The fraction of sp³-hybridized carbons (Fsp3) is 0.412. The van der Waals surface area contributed by atoms with Gasteiger partial charge in [0.05, 0.1) is 5.56 Å². The average Bonchev–Trinajstić information content (AvgIpc) is 2.92. The first-order valence-corrected chi connectivity index (χ1v) is 7.84. The molecule has 1 aliphatic rings. The van der Waals surface area contributed by atoms with Crippen LogP contribution in [0.15, 0.2) is 30.5 Å². The van der Waals surface area contributed by atoms with Crippen LogP contribution in [0.3, 0.4) is 0 Å². The van der Waals surface area contributed by atoms with E-state index in [9.17, 15) is 9.59 Å². The molecule has 1 saturated heterocycles. The molecule has 0 unspecified atom stereocenters. The van der Waals surface area contributed by atoms with E-state index in [1.807, 2.05) is 30.5 Å². The second-order valence-electron chi connectivity index (χ2n) is 5.71. The number of fused-ring (bicyclic) bond motifs is 1. The molecule has 5 heteroatoms.